The van der Waals surface area contributed by atoms with Crippen molar-refractivity contribution in [2.75, 3.05) is 6.54 Å². The highest BCUT2D eigenvalue weighted by atomic mass is 16.3. The predicted molar refractivity (Wildman–Crippen MR) is 46.9 cm³/mol. The van der Waals surface area contributed by atoms with Gasteiger partial charge in [0.15, 0.2) is 0 Å². The van der Waals surface area contributed by atoms with Gasteiger partial charge in [0.05, 0.1) is 6.10 Å². The minimum Gasteiger partial charge on any atom is -0.508 e. The number of aliphatic hydroxyl groups is 1. The van der Waals surface area contributed by atoms with Crippen molar-refractivity contribution in [1.29, 1.82) is 0 Å². The van der Waals surface area contributed by atoms with E-state index in [9.17, 15) is 10.2 Å². The monoisotopic (exact) mass is 167 g/mol. The largest absolute Gasteiger partial charge is 0.508 e. The second-order valence-corrected chi connectivity index (χ2v) is 2.74. The SMILES string of the molecule is Cc1c(O)cccc1C(O)CN. The molecule has 0 amide bonds. The summed E-state index contributed by atoms with van der Waals surface area (Å²) in [6.07, 6.45) is -0.683. The summed E-state index contributed by atoms with van der Waals surface area (Å²) in [4.78, 5) is 0. The fourth-order valence-corrected chi connectivity index (χ4v) is 1.13. The molecule has 0 bridgehead atoms. The summed E-state index contributed by atoms with van der Waals surface area (Å²) >= 11 is 0. The van der Waals surface area contributed by atoms with Crippen molar-refractivity contribution in [3.8, 4) is 5.75 Å². The molecule has 0 saturated heterocycles. The van der Waals surface area contributed by atoms with Gasteiger partial charge in [-0.15, -0.1) is 0 Å². The number of nitrogens with two attached hydrogens (primary N) is 1. The molecule has 0 aromatic heterocycles. The Hall–Kier alpha value is -1.06. The smallest absolute Gasteiger partial charge is 0.118 e. The van der Waals surface area contributed by atoms with Crippen molar-refractivity contribution in [2.24, 2.45) is 5.73 Å². The number of aliphatic hydroxyl groups excluding tert-OH is 1. The van der Waals surface area contributed by atoms with Gasteiger partial charge in [-0.2, -0.15) is 0 Å². The lowest BCUT2D eigenvalue weighted by Gasteiger charge is -2.11. The Morgan fingerprint density at radius 3 is 2.75 bits per heavy atom. The zero-order chi connectivity index (χ0) is 9.14. The lowest BCUT2D eigenvalue weighted by atomic mass is 10.0. The van der Waals surface area contributed by atoms with E-state index in [1.165, 1.54) is 0 Å². The maximum atomic E-state index is 9.40. The number of rotatable bonds is 2. The third kappa shape index (κ3) is 1.57. The first-order valence-corrected chi connectivity index (χ1v) is 3.83. The number of hydrogen-bond donors (Lipinski definition) is 3. The second kappa shape index (κ2) is 3.56. The summed E-state index contributed by atoms with van der Waals surface area (Å²) in [6, 6.07) is 5.03. The van der Waals surface area contributed by atoms with Gasteiger partial charge in [-0.3, -0.25) is 0 Å². The molecule has 0 fully saturated rings. The second-order valence-electron chi connectivity index (χ2n) is 2.74. The topological polar surface area (TPSA) is 66.5 Å². The molecule has 1 aromatic rings. The predicted octanol–water partition coefficient (Wildman–Crippen LogP) is 0.693. The van der Waals surface area contributed by atoms with Crippen LogP contribution in [0.4, 0.5) is 0 Å². The van der Waals surface area contributed by atoms with Gasteiger partial charge in [-0.25, -0.2) is 0 Å². The van der Waals surface area contributed by atoms with Crippen molar-refractivity contribution in [1.82, 2.24) is 0 Å². The van der Waals surface area contributed by atoms with Gasteiger partial charge >= 0.3 is 0 Å². The van der Waals surface area contributed by atoms with Crippen molar-refractivity contribution >= 4 is 0 Å². The van der Waals surface area contributed by atoms with Crippen molar-refractivity contribution in [3.63, 3.8) is 0 Å². The molecule has 0 spiro atoms. The Morgan fingerprint density at radius 1 is 1.50 bits per heavy atom. The Bertz CT molecular complexity index is 273. The van der Waals surface area contributed by atoms with Gasteiger partial charge in [0.2, 0.25) is 0 Å². The summed E-state index contributed by atoms with van der Waals surface area (Å²) < 4.78 is 0. The Kier molecular flexibility index (Phi) is 2.68. The van der Waals surface area contributed by atoms with Crippen LogP contribution in [-0.4, -0.2) is 16.8 Å². The van der Waals surface area contributed by atoms with E-state index >= 15 is 0 Å². The summed E-state index contributed by atoms with van der Waals surface area (Å²) in [5, 5.41) is 18.7. The molecule has 0 heterocycles. The van der Waals surface area contributed by atoms with E-state index in [0.717, 1.165) is 0 Å². The molecule has 0 radical (unpaired) electrons. The van der Waals surface area contributed by atoms with Gasteiger partial charge in [0.25, 0.3) is 0 Å². The van der Waals surface area contributed by atoms with Gasteiger partial charge in [-0.1, -0.05) is 12.1 Å². The van der Waals surface area contributed by atoms with Crippen molar-refractivity contribution in [3.05, 3.63) is 29.3 Å². The van der Waals surface area contributed by atoms with Crippen LogP contribution in [0, 0.1) is 6.92 Å². The first kappa shape index (κ1) is 9.03. The van der Waals surface area contributed by atoms with E-state index < -0.39 is 6.10 Å². The molecular formula is C9H13NO2. The summed E-state index contributed by atoms with van der Waals surface area (Å²) in [6.45, 7) is 1.92. The van der Waals surface area contributed by atoms with E-state index in [0.29, 0.717) is 11.1 Å². The van der Waals surface area contributed by atoms with Crippen LogP contribution in [0.15, 0.2) is 18.2 Å². The molecule has 0 aliphatic rings. The minimum absolute atomic E-state index is 0.171. The molecular weight excluding hydrogens is 154 g/mol. The maximum Gasteiger partial charge on any atom is 0.118 e. The zero-order valence-corrected chi connectivity index (χ0v) is 6.99. The van der Waals surface area contributed by atoms with Gasteiger partial charge in [-0.05, 0) is 24.1 Å². The molecule has 3 heteroatoms. The van der Waals surface area contributed by atoms with E-state index in [-0.39, 0.29) is 12.3 Å². The Morgan fingerprint density at radius 2 is 2.17 bits per heavy atom. The van der Waals surface area contributed by atoms with Crippen LogP contribution in [0.2, 0.25) is 0 Å². The van der Waals surface area contributed by atoms with E-state index in [4.69, 9.17) is 5.73 Å². The van der Waals surface area contributed by atoms with E-state index in [1.807, 2.05) is 0 Å². The number of hydrogen-bond acceptors (Lipinski definition) is 3. The van der Waals surface area contributed by atoms with Crippen LogP contribution in [0.3, 0.4) is 0 Å². The molecule has 0 aliphatic carbocycles. The molecule has 0 aliphatic heterocycles. The molecule has 1 unspecified atom stereocenters. The molecule has 1 atom stereocenters. The first-order chi connectivity index (χ1) is 5.66. The lowest BCUT2D eigenvalue weighted by molar-refractivity contribution is 0.185. The normalized spacial score (nSPS) is 12.9. The highest BCUT2D eigenvalue weighted by molar-refractivity contribution is 5.39. The molecule has 1 aromatic carbocycles. The van der Waals surface area contributed by atoms with Crippen LogP contribution >= 0.6 is 0 Å². The minimum atomic E-state index is -0.683. The van der Waals surface area contributed by atoms with Crippen molar-refractivity contribution in [2.45, 2.75) is 13.0 Å². The summed E-state index contributed by atoms with van der Waals surface area (Å²) in [5.41, 5.74) is 6.67. The van der Waals surface area contributed by atoms with Crippen LogP contribution in [0.1, 0.15) is 17.2 Å². The summed E-state index contributed by atoms with van der Waals surface area (Å²) in [5.74, 6) is 0.194. The quantitative estimate of drug-likeness (QED) is 0.607. The fraction of sp³-hybridized carbons (Fsp3) is 0.333. The van der Waals surface area contributed by atoms with Gasteiger partial charge < -0.3 is 15.9 Å². The van der Waals surface area contributed by atoms with Gasteiger partial charge in [0.1, 0.15) is 5.75 Å². The Labute approximate surface area is 71.5 Å². The number of phenols is 1. The maximum absolute atomic E-state index is 9.40. The molecule has 4 N–H and O–H groups in total. The van der Waals surface area contributed by atoms with Gasteiger partial charge in [0, 0.05) is 6.54 Å². The number of aromatic hydroxyl groups is 1. The average molecular weight is 167 g/mol. The third-order valence-electron chi connectivity index (χ3n) is 1.93. The molecule has 0 saturated carbocycles. The van der Waals surface area contributed by atoms with E-state index in [2.05, 4.69) is 0 Å². The molecule has 66 valence electrons. The lowest BCUT2D eigenvalue weighted by Crippen LogP contribution is -2.12. The summed E-state index contributed by atoms with van der Waals surface area (Å²) in [7, 11) is 0. The van der Waals surface area contributed by atoms with Crippen LogP contribution in [0.5, 0.6) is 5.75 Å². The highest BCUT2D eigenvalue weighted by Gasteiger charge is 2.09. The fourth-order valence-electron chi connectivity index (χ4n) is 1.13. The standard InChI is InChI=1S/C9H13NO2/c1-6-7(9(12)5-10)3-2-4-8(6)11/h2-4,9,11-12H,5,10H2,1H3. The van der Waals surface area contributed by atoms with E-state index in [1.54, 1.807) is 25.1 Å². The van der Waals surface area contributed by atoms with Crippen molar-refractivity contribution < 1.29 is 10.2 Å². The van der Waals surface area contributed by atoms with Crippen LogP contribution in [-0.2, 0) is 0 Å². The van der Waals surface area contributed by atoms with Crippen LogP contribution < -0.4 is 5.73 Å². The first-order valence-electron chi connectivity index (χ1n) is 3.83. The van der Waals surface area contributed by atoms with Crippen LogP contribution in [0.25, 0.3) is 0 Å². The number of benzene rings is 1. The third-order valence-corrected chi connectivity index (χ3v) is 1.93. The zero-order valence-electron chi connectivity index (χ0n) is 6.99. The molecule has 3 nitrogen and oxygen atoms in total. The number of phenolic OH excluding ortho intramolecular Hbond substituents is 1. The molecule has 1 rings (SSSR count). The molecule has 12 heavy (non-hydrogen) atoms. The highest BCUT2D eigenvalue weighted by Crippen LogP contribution is 2.23. The average Bonchev–Trinajstić information content (AvgIpc) is 2.08. The Balaban J connectivity index is 3.07.